The molecule has 14 nitrogen and oxygen atoms in total. The van der Waals surface area contributed by atoms with Crippen LogP contribution in [0.5, 0.6) is 0 Å². The van der Waals surface area contributed by atoms with Crippen molar-refractivity contribution in [2.45, 2.75) is 19.8 Å². The summed E-state index contributed by atoms with van der Waals surface area (Å²) in [7, 11) is 0. The number of carbonyl (C=O) groups is 1. The monoisotopic (exact) mass is 543 g/mol. The fourth-order valence-corrected chi connectivity index (χ4v) is 4.80. The van der Waals surface area contributed by atoms with Crippen LogP contribution in [-0.2, 0) is 9.53 Å². The van der Waals surface area contributed by atoms with Gasteiger partial charge in [0, 0.05) is 44.4 Å². The van der Waals surface area contributed by atoms with Crippen LogP contribution >= 0.6 is 0 Å². The van der Waals surface area contributed by atoms with Gasteiger partial charge in [-0.25, -0.2) is 19.9 Å². The first-order chi connectivity index (χ1) is 19.5. The summed E-state index contributed by atoms with van der Waals surface area (Å²) in [6, 6.07) is 7.41. The molecule has 4 aromatic heterocycles. The van der Waals surface area contributed by atoms with Crippen molar-refractivity contribution in [3.63, 3.8) is 0 Å². The molecule has 1 aliphatic rings. The molecule has 0 atom stereocenters. The van der Waals surface area contributed by atoms with E-state index in [2.05, 4.69) is 29.8 Å². The van der Waals surface area contributed by atoms with Gasteiger partial charge >= 0.3 is 0 Å². The zero-order chi connectivity index (χ0) is 27.6. The van der Waals surface area contributed by atoms with Gasteiger partial charge in [-0.15, -0.1) is 0 Å². The summed E-state index contributed by atoms with van der Waals surface area (Å²) < 4.78 is 12.5. The summed E-state index contributed by atoms with van der Waals surface area (Å²) in [6.45, 7) is 5.70. The molecule has 0 saturated carbocycles. The fraction of sp³-hybridized carbons (Fsp3) is 0.346. The number of nitrogens with zero attached hydrogens (tertiary/aromatic N) is 9. The van der Waals surface area contributed by atoms with Gasteiger partial charge in [0.15, 0.2) is 17.0 Å². The van der Waals surface area contributed by atoms with E-state index in [4.69, 9.17) is 25.7 Å². The first-order valence-electron chi connectivity index (χ1n) is 13.1. The van der Waals surface area contributed by atoms with Gasteiger partial charge in [0.05, 0.1) is 18.4 Å². The van der Waals surface area contributed by atoms with Gasteiger partial charge in [-0.1, -0.05) is 6.92 Å². The highest BCUT2D eigenvalue weighted by molar-refractivity contribution is 6.00. The molecule has 0 spiro atoms. The van der Waals surface area contributed by atoms with Crippen LogP contribution in [0.4, 0.5) is 17.7 Å². The number of carbonyl (C=O) groups excluding carboxylic acids is 1. The van der Waals surface area contributed by atoms with E-state index in [0.29, 0.717) is 85.3 Å². The maximum absolute atomic E-state index is 12.5. The number of aromatic nitrogens is 7. The lowest BCUT2D eigenvalue weighted by atomic mass is 10.1. The summed E-state index contributed by atoms with van der Waals surface area (Å²) in [4.78, 5) is 38.4. The smallest absolute Gasteiger partial charge is 0.292 e. The Hall–Kier alpha value is -4.85. The maximum Gasteiger partial charge on any atom is 0.292 e. The van der Waals surface area contributed by atoms with Crippen molar-refractivity contribution in [2.75, 3.05) is 55.8 Å². The lowest BCUT2D eigenvalue weighted by Gasteiger charge is -2.35. The van der Waals surface area contributed by atoms with E-state index in [1.54, 1.807) is 10.7 Å². The Kier molecular flexibility index (Phi) is 6.82. The summed E-state index contributed by atoms with van der Waals surface area (Å²) in [5.74, 6) is 1.66. The van der Waals surface area contributed by atoms with Crippen molar-refractivity contribution in [3.05, 3.63) is 36.9 Å². The average Bonchev–Trinajstić information content (AvgIpc) is 3.55. The van der Waals surface area contributed by atoms with E-state index in [-0.39, 0.29) is 11.9 Å². The van der Waals surface area contributed by atoms with Gasteiger partial charge < -0.3 is 30.4 Å². The Morgan fingerprint density at radius 1 is 1.00 bits per heavy atom. The van der Waals surface area contributed by atoms with Gasteiger partial charge in [0.25, 0.3) is 6.01 Å². The predicted octanol–water partition coefficient (Wildman–Crippen LogP) is 2.04. The Balaban J connectivity index is 1.26. The molecule has 4 N–H and O–H groups in total. The van der Waals surface area contributed by atoms with Crippen molar-refractivity contribution in [1.82, 2.24) is 39.6 Å². The quantitative estimate of drug-likeness (QED) is 0.272. The minimum atomic E-state index is 0.0880. The maximum atomic E-state index is 12.5. The molecule has 0 radical (unpaired) electrons. The minimum absolute atomic E-state index is 0.0880. The number of piperazine rings is 1. The SMILES string of the molecule is CCCOCCC(=O)N1CCN(c2cc(-n3nc(-c4ccc5oc(N)nc5c4)c4c(N)ncnc43)ncn2)CC1. The third-order valence-electron chi connectivity index (χ3n) is 6.79. The Morgan fingerprint density at radius 3 is 2.62 bits per heavy atom. The Morgan fingerprint density at radius 2 is 1.80 bits per heavy atom. The molecule has 0 aliphatic carbocycles. The molecule has 40 heavy (non-hydrogen) atoms. The van der Waals surface area contributed by atoms with Crippen molar-refractivity contribution in [3.8, 4) is 17.1 Å². The van der Waals surface area contributed by atoms with Gasteiger partial charge in [0.1, 0.15) is 35.5 Å². The summed E-state index contributed by atoms with van der Waals surface area (Å²) >= 11 is 0. The molecular formula is C26H29N11O3. The molecule has 14 heteroatoms. The third kappa shape index (κ3) is 4.84. The number of nitrogen functional groups attached to an aromatic ring is 2. The number of oxazole rings is 1. The molecule has 0 bridgehead atoms. The van der Waals surface area contributed by atoms with Crippen LogP contribution in [0.2, 0.25) is 0 Å². The van der Waals surface area contributed by atoms with Crippen molar-refractivity contribution in [2.24, 2.45) is 0 Å². The normalized spacial score (nSPS) is 13.9. The molecule has 1 aliphatic heterocycles. The molecule has 1 aromatic carbocycles. The topological polar surface area (TPSA) is 180 Å². The van der Waals surface area contributed by atoms with Crippen LogP contribution < -0.4 is 16.4 Å². The van der Waals surface area contributed by atoms with Crippen molar-refractivity contribution >= 4 is 45.7 Å². The van der Waals surface area contributed by atoms with Crippen LogP contribution in [0, 0.1) is 0 Å². The Labute approximate surface area is 229 Å². The molecule has 5 aromatic rings. The van der Waals surface area contributed by atoms with Crippen LogP contribution in [0.25, 0.3) is 39.2 Å². The summed E-state index contributed by atoms with van der Waals surface area (Å²) in [5, 5.41) is 5.43. The zero-order valence-electron chi connectivity index (χ0n) is 22.0. The standard InChI is InChI=1S/C26H29N11O3/c1-2-10-39-11-5-21(38)36-8-6-35(7-9-36)19-13-20(30-14-29-19)37-25-22(24(27)31-15-32-25)23(34-37)16-3-4-18-17(12-16)33-26(28)40-18/h3-4,12-15H,2,5-11H2,1H3,(H2,28,33)(H2,27,31,32). The summed E-state index contributed by atoms with van der Waals surface area (Å²) in [6.07, 6.45) is 4.23. The molecule has 6 rings (SSSR count). The van der Waals surface area contributed by atoms with E-state index in [0.717, 1.165) is 17.8 Å². The second kappa shape index (κ2) is 10.7. The molecule has 5 heterocycles. The van der Waals surface area contributed by atoms with E-state index in [9.17, 15) is 4.79 Å². The first kappa shape index (κ1) is 25.4. The molecule has 1 saturated heterocycles. The van der Waals surface area contributed by atoms with E-state index in [1.807, 2.05) is 30.0 Å². The van der Waals surface area contributed by atoms with Crippen LogP contribution in [0.3, 0.4) is 0 Å². The van der Waals surface area contributed by atoms with Gasteiger partial charge in [-0.3, -0.25) is 4.79 Å². The lowest BCUT2D eigenvalue weighted by Crippen LogP contribution is -2.49. The number of nitrogens with two attached hydrogens (primary N) is 2. The highest BCUT2D eigenvalue weighted by Crippen LogP contribution is 2.33. The second-order valence-electron chi connectivity index (χ2n) is 9.42. The van der Waals surface area contributed by atoms with Gasteiger partial charge in [-0.2, -0.15) is 14.8 Å². The number of hydrogen-bond donors (Lipinski definition) is 2. The van der Waals surface area contributed by atoms with E-state index < -0.39 is 0 Å². The largest absolute Gasteiger partial charge is 0.424 e. The lowest BCUT2D eigenvalue weighted by molar-refractivity contribution is -0.132. The number of amides is 1. The number of hydrogen-bond acceptors (Lipinski definition) is 12. The second-order valence-corrected chi connectivity index (χ2v) is 9.42. The zero-order valence-corrected chi connectivity index (χ0v) is 22.0. The number of ether oxygens (including phenoxy) is 1. The molecule has 0 unspecified atom stereocenters. The van der Waals surface area contributed by atoms with E-state index in [1.165, 1.54) is 12.7 Å². The highest BCUT2D eigenvalue weighted by Gasteiger charge is 2.24. The van der Waals surface area contributed by atoms with Crippen molar-refractivity contribution < 1.29 is 13.9 Å². The number of benzene rings is 1. The van der Waals surface area contributed by atoms with Gasteiger partial charge in [0.2, 0.25) is 5.91 Å². The third-order valence-corrected chi connectivity index (χ3v) is 6.79. The highest BCUT2D eigenvalue weighted by atomic mass is 16.5. The van der Waals surface area contributed by atoms with E-state index >= 15 is 0 Å². The predicted molar refractivity (Wildman–Crippen MR) is 149 cm³/mol. The summed E-state index contributed by atoms with van der Waals surface area (Å²) in [5.41, 5.74) is 15.0. The van der Waals surface area contributed by atoms with Crippen LogP contribution in [0.15, 0.2) is 41.3 Å². The molecule has 206 valence electrons. The molecule has 1 fully saturated rings. The fourth-order valence-electron chi connectivity index (χ4n) is 4.80. The molecular weight excluding hydrogens is 514 g/mol. The van der Waals surface area contributed by atoms with Crippen LogP contribution in [-0.4, -0.2) is 84.9 Å². The first-order valence-corrected chi connectivity index (χ1v) is 13.1. The van der Waals surface area contributed by atoms with Crippen LogP contribution in [0.1, 0.15) is 19.8 Å². The number of fused-ring (bicyclic) bond motifs is 2. The average molecular weight is 544 g/mol. The molecule has 1 amide bonds. The Bertz CT molecular complexity index is 1670. The van der Waals surface area contributed by atoms with Gasteiger partial charge in [-0.05, 0) is 24.6 Å². The number of anilines is 3. The number of rotatable bonds is 8. The minimum Gasteiger partial charge on any atom is -0.424 e. The van der Waals surface area contributed by atoms with Crippen molar-refractivity contribution in [1.29, 1.82) is 0 Å².